The van der Waals surface area contributed by atoms with Crippen LogP contribution in [0.25, 0.3) is 5.69 Å². The lowest BCUT2D eigenvalue weighted by Gasteiger charge is -2.41. The number of alkyl halides is 3. The van der Waals surface area contributed by atoms with Crippen molar-refractivity contribution >= 4 is 5.91 Å². The number of hydrogen-bond donors (Lipinski definition) is 1. The number of nitrogens with zero attached hydrogens (tertiary/aromatic N) is 4. The molecule has 6 rings (SSSR count). The molecule has 1 aromatic carbocycles. The summed E-state index contributed by atoms with van der Waals surface area (Å²) in [5, 5.41) is 14.9. The molecule has 3 heterocycles. The summed E-state index contributed by atoms with van der Waals surface area (Å²) in [6, 6.07) is 5.66. The lowest BCUT2D eigenvalue weighted by molar-refractivity contribution is -0.137. The molecule has 1 amide bonds. The highest BCUT2D eigenvalue weighted by Crippen LogP contribution is 2.49. The number of aromatic nitrogens is 2. The van der Waals surface area contributed by atoms with Crippen molar-refractivity contribution in [3.63, 3.8) is 0 Å². The third-order valence-electron chi connectivity index (χ3n) is 8.20. The first-order valence-corrected chi connectivity index (χ1v) is 13.3. The molecule has 4 fully saturated rings. The van der Waals surface area contributed by atoms with Crippen molar-refractivity contribution in [1.29, 1.82) is 0 Å². The normalized spacial score (nSPS) is 24.3. The van der Waals surface area contributed by atoms with Gasteiger partial charge < -0.3 is 10.0 Å². The van der Waals surface area contributed by atoms with Crippen molar-refractivity contribution in [3.8, 4) is 5.69 Å². The third kappa shape index (κ3) is 4.67. The highest BCUT2D eigenvalue weighted by atomic mass is 19.4. The van der Waals surface area contributed by atoms with E-state index in [2.05, 4.69) is 4.90 Å². The van der Waals surface area contributed by atoms with Crippen LogP contribution in [0, 0.1) is 0 Å². The van der Waals surface area contributed by atoms with Crippen LogP contribution >= 0.6 is 0 Å². The van der Waals surface area contributed by atoms with E-state index in [1.165, 1.54) is 6.07 Å². The molecule has 4 aliphatic rings. The molecule has 0 bridgehead atoms. The lowest BCUT2D eigenvalue weighted by atomic mass is 9.97. The second kappa shape index (κ2) is 9.17. The Morgan fingerprint density at radius 2 is 1.69 bits per heavy atom. The number of piperidine rings is 2. The predicted octanol–water partition coefficient (Wildman–Crippen LogP) is 4.71. The minimum atomic E-state index is -4.43. The van der Waals surface area contributed by atoms with E-state index in [-0.39, 0.29) is 23.8 Å². The lowest BCUT2D eigenvalue weighted by Crippen LogP contribution is -2.50. The smallest absolute Gasteiger partial charge is 0.392 e. The molecule has 2 aromatic rings. The molecule has 194 valence electrons. The summed E-state index contributed by atoms with van der Waals surface area (Å²) in [4.78, 5) is 18.2. The number of aliphatic hydroxyl groups is 1. The van der Waals surface area contributed by atoms with Gasteiger partial charge in [-0.15, -0.1) is 0 Å². The maximum atomic E-state index is 14.0. The number of likely N-dealkylation sites (tertiary alicyclic amines) is 2. The van der Waals surface area contributed by atoms with E-state index in [0.717, 1.165) is 81.4 Å². The van der Waals surface area contributed by atoms with Crippen LogP contribution in [-0.2, 0) is 6.18 Å². The van der Waals surface area contributed by atoms with Crippen LogP contribution < -0.4 is 0 Å². The minimum absolute atomic E-state index is 0.0193. The van der Waals surface area contributed by atoms with Crippen molar-refractivity contribution in [2.45, 2.75) is 81.5 Å². The number of β-amino-alcohol motifs (C(OH)–C–C–N with tert-alkyl or cyclic N) is 1. The van der Waals surface area contributed by atoms with E-state index in [0.29, 0.717) is 36.9 Å². The van der Waals surface area contributed by atoms with Crippen molar-refractivity contribution in [2.75, 3.05) is 26.2 Å². The molecule has 0 radical (unpaired) electrons. The van der Waals surface area contributed by atoms with Gasteiger partial charge in [0.05, 0.1) is 34.3 Å². The maximum absolute atomic E-state index is 14.0. The van der Waals surface area contributed by atoms with Gasteiger partial charge >= 0.3 is 6.18 Å². The number of hydrogen-bond acceptors (Lipinski definition) is 4. The largest absolute Gasteiger partial charge is 0.416 e. The zero-order valence-corrected chi connectivity index (χ0v) is 20.4. The van der Waals surface area contributed by atoms with Crippen LogP contribution in [-0.4, -0.2) is 68.9 Å². The third-order valence-corrected chi connectivity index (χ3v) is 8.20. The number of carbonyl (C=O) groups excluding carboxylic acids is 1. The van der Waals surface area contributed by atoms with Gasteiger partial charge in [-0.2, -0.15) is 18.3 Å². The molecule has 36 heavy (non-hydrogen) atoms. The molecule has 2 aliphatic heterocycles. The van der Waals surface area contributed by atoms with Gasteiger partial charge in [0.25, 0.3) is 5.91 Å². The summed E-state index contributed by atoms with van der Waals surface area (Å²) in [7, 11) is 0. The molecule has 1 aromatic heterocycles. The number of halogens is 3. The Morgan fingerprint density at radius 1 is 0.972 bits per heavy atom. The van der Waals surface area contributed by atoms with Crippen LogP contribution in [0.3, 0.4) is 0 Å². The van der Waals surface area contributed by atoms with Crippen LogP contribution in [0.5, 0.6) is 0 Å². The van der Waals surface area contributed by atoms with Gasteiger partial charge in [0.2, 0.25) is 0 Å². The quantitative estimate of drug-likeness (QED) is 0.644. The molecule has 2 saturated carbocycles. The first-order chi connectivity index (χ1) is 17.3. The maximum Gasteiger partial charge on any atom is 0.416 e. The zero-order chi connectivity index (χ0) is 25.0. The molecule has 2 aliphatic carbocycles. The Bertz CT molecular complexity index is 1130. The molecular formula is C27H33F3N4O2. The fraction of sp³-hybridized carbons (Fsp3) is 0.630. The first kappa shape index (κ1) is 24.0. The average Bonchev–Trinajstić information content (AvgIpc) is 3.81. The van der Waals surface area contributed by atoms with E-state index in [4.69, 9.17) is 5.10 Å². The fourth-order valence-corrected chi connectivity index (χ4v) is 5.96. The Kier molecular flexibility index (Phi) is 6.11. The molecule has 2 saturated heterocycles. The van der Waals surface area contributed by atoms with Crippen LogP contribution in [0.2, 0.25) is 0 Å². The molecular weight excluding hydrogens is 469 g/mol. The van der Waals surface area contributed by atoms with Gasteiger partial charge in [0.15, 0.2) is 0 Å². The van der Waals surface area contributed by atoms with E-state index in [1.807, 2.05) is 4.90 Å². The number of amides is 1. The second-order valence-electron chi connectivity index (χ2n) is 11.0. The average molecular weight is 503 g/mol. The van der Waals surface area contributed by atoms with Crippen LogP contribution in [0.1, 0.15) is 90.5 Å². The number of rotatable bonds is 5. The van der Waals surface area contributed by atoms with Crippen molar-refractivity contribution in [1.82, 2.24) is 19.6 Å². The van der Waals surface area contributed by atoms with E-state index in [1.54, 1.807) is 10.7 Å². The molecule has 1 atom stereocenters. The van der Waals surface area contributed by atoms with Gasteiger partial charge in [-0.1, -0.05) is 6.07 Å². The monoisotopic (exact) mass is 502 g/mol. The second-order valence-corrected chi connectivity index (χ2v) is 11.0. The summed E-state index contributed by atoms with van der Waals surface area (Å²) >= 11 is 0. The van der Waals surface area contributed by atoms with E-state index >= 15 is 0 Å². The SMILES string of the molecule is O=C(c1c(C2CC2)nn(-c2cccc(C(F)(F)F)c2)c1C1CC1)N1CCC(N2CCCC(O)C2)CC1. The number of benzene rings is 1. The Hall–Kier alpha value is -2.39. The zero-order valence-electron chi connectivity index (χ0n) is 20.4. The van der Waals surface area contributed by atoms with Gasteiger partial charge in [0.1, 0.15) is 0 Å². The summed E-state index contributed by atoms with van der Waals surface area (Å²) in [6.07, 6.45) is 2.69. The Labute approximate surface area is 209 Å². The Balaban J connectivity index is 1.29. The summed E-state index contributed by atoms with van der Waals surface area (Å²) in [6.45, 7) is 3.01. The molecule has 1 N–H and O–H groups in total. The van der Waals surface area contributed by atoms with Gasteiger partial charge in [0, 0.05) is 37.5 Å². The summed E-state index contributed by atoms with van der Waals surface area (Å²) in [5.41, 5.74) is 1.87. The van der Waals surface area contributed by atoms with Crippen LogP contribution in [0.15, 0.2) is 24.3 Å². The minimum Gasteiger partial charge on any atom is -0.392 e. The van der Waals surface area contributed by atoms with Crippen molar-refractivity contribution < 1.29 is 23.1 Å². The summed E-state index contributed by atoms with van der Waals surface area (Å²) < 4.78 is 41.9. The topological polar surface area (TPSA) is 61.6 Å². The molecule has 9 heteroatoms. The molecule has 0 spiro atoms. The van der Waals surface area contributed by atoms with E-state index < -0.39 is 11.7 Å². The van der Waals surface area contributed by atoms with Crippen molar-refractivity contribution in [2.24, 2.45) is 0 Å². The van der Waals surface area contributed by atoms with Crippen LogP contribution in [0.4, 0.5) is 13.2 Å². The summed E-state index contributed by atoms with van der Waals surface area (Å²) in [5.74, 6) is 0.348. The van der Waals surface area contributed by atoms with Gasteiger partial charge in [-0.3, -0.25) is 9.69 Å². The standard InChI is InChI=1S/C27H33F3N4O2/c28-27(29,30)19-3-1-4-21(15-19)34-25(18-8-9-18)23(24(31-34)17-6-7-17)26(36)32-13-10-20(11-14-32)33-12-2-5-22(35)16-33/h1,3-4,15,17-18,20,22,35H,2,5-14,16H2. The first-order valence-electron chi connectivity index (χ1n) is 13.3. The Morgan fingerprint density at radius 3 is 2.33 bits per heavy atom. The highest BCUT2D eigenvalue weighted by Gasteiger charge is 2.42. The predicted molar refractivity (Wildman–Crippen MR) is 128 cm³/mol. The van der Waals surface area contributed by atoms with E-state index in [9.17, 15) is 23.1 Å². The van der Waals surface area contributed by atoms with Crippen molar-refractivity contribution in [3.05, 3.63) is 46.8 Å². The molecule has 1 unspecified atom stereocenters. The molecule has 6 nitrogen and oxygen atoms in total. The number of carbonyl (C=O) groups is 1. The van der Waals surface area contributed by atoms with Gasteiger partial charge in [-0.05, 0) is 76.1 Å². The highest BCUT2D eigenvalue weighted by molar-refractivity contribution is 5.97. The van der Waals surface area contributed by atoms with Gasteiger partial charge in [-0.25, -0.2) is 4.68 Å². The fourth-order valence-electron chi connectivity index (χ4n) is 5.96. The number of aliphatic hydroxyl groups excluding tert-OH is 1.